The minimum atomic E-state index is -3.67. The largest absolute Gasteiger partial charge is 0.263 e. The van der Waals surface area contributed by atoms with E-state index >= 15 is 0 Å². The average molecular weight is 365 g/mol. The second kappa shape index (κ2) is 6.31. The van der Waals surface area contributed by atoms with E-state index in [1.54, 1.807) is 0 Å². The number of anilines is 1. The number of rotatable bonds is 4. The van der Waals surface area contributed by atoms with Crippen LogP contribution in [0.2, 0.25) is 5.02 Å². The number of aryl methyl sites for hydroxylation is 1. The minimum Gasteiger partial charge on any atom is -0.255 e. The molecular formula is C16H13ClN2O2S2. The van der Waals surface area contributed by atoms with Crippen molar-refractivity contribution in [1.29, 1.82) is 0 Å². The van der Waals surface area contributed by atoms with Gasteiger partial charge in [0.1, 0.15) is 0 Å². The van der Waals surface area contributed by atoms with Gasteiger partial charge in [-0.25, -0.2) is 13.4 Å². The summed E-state index contributed by atoms with van der Waals surface area (Å²) in [5.74, 6) is 0. The predicted octanol–water partition coefficient (Wildman–Crippen LogP) is 4.57. The number of sulfonamides is 1. The monoisotopic (exact) mass is 364 g/mol. The predicted molar refractivity (Wildman–Crippen MR) is 94.5 cm³/mol. The summed E-state index contributed by atoms with van der Waals surface area (Å²) in [5.41, 5.74) is 2.85. The molecule has 0 spiro atoms. The van der Waals surface area contributed by atoms with Crippen LogP contribution in [0.25, 0.3) is 11.3 Å². The molecule has 0 aliphatic heterocycles. The molecule has 23 heavy (non-hydrogen) atoms. The molecule has 1 aromatic heterocycles. The lowest BCUT2D eigenvalue weighted by Gasteiger charge is -2.05. The third-order valence-electron chi connectivity index (χ3n) is 3.20. The van der Waals surface area contributed by atoms with E-state index in [1.165, 1.54) is 35.6 Å². The lowest BCUT2D eigenvalue weighted by atomic mass is 10.1. The van der Waals surface area contributed by atoms with Crippen molar-refractivity contribution in [3.63, 3.8) is 0 Å². The molecule has 4 nitrogen and oxygen atoms in total. The van der Waals surface area contributed by atoms with Gasteiger partial charge in [0.25, 0.3) is 10.0 Å². The first-order valence-electron chi connectivity index (χ1n) is 6.75. The molecule has 0 saturated carbocycles. The number of thiazole rings is 1. The van der Waals surface area contributed by atoms with Crippen LogP contribution in [0.15, 0.2) is 58.8 Å². The summed E-state index contributed by atoms with van der Waals surface area (Å²) >= 11 is 7.02. The lowest BCUT2D eigenvalue weighted by molar-refractivity contribution is 0.601. The zero-order chi connectivity index (χ0) is 16.4. The summed E-state index contributed by atoms with van der Waals surface area (Å²) in [6.07, 6.45) is 0. The van der Waals surface area contributed by atoms with Gasteiger partial charge in [-0.1, -0.05) is 41.4 Å². The van der Waals surface area contributed by atoms with Crippen molar-refractivity contribution in [2.75, 3.05) is 4.72 Å². The van der Waals surface area contributed by atoms with Crippen molar-refractivity contribution in [2.24, 2.45) is 0 Å². The van der Waals surface area contributed by atoms with Gasteiger partial charge in [0, 0.05) is 16.0 Å². The number of hydrogen-bond acceptors (Lipinski definition) is 4. The lowest BCUT2D eigenvalue weighted by Crippen LogP contribution is -2.12. The van der Waals surface area contributed by atoms with Gasteiger partial charge in [0.05, 0.1) is 10.6 Å². The molecule has 118 valence electrons. The van der Waals surface area contributed by atoms with Crippen LogP contribution >= 0.6 is 22.9 Å². The van der Waals surface area contributed by atoms with Gasteiger partial charge < -0.3 is 0 Å². The Hall–Kier alpha value is -1.89. The van der Waals surface area contributed by atoms with E-state index in [1.807, 2.05) is 36.6 Å². The first kappa shape index (κ1) is 16.0. The topological polar surface area (TPSA) is 59.1 Å². The van der Waals surface area contributed by atoms with Crippen LogP contribution in [0.1, 0.15) is 5.56 Å². The summed E-state index contributed by atoms with van der Waals surface area (Å²) < 4.78 is 27.1. The van der Waals surface area contributed by atoms with Gasteiger partial charge in [-0.3, -0.25) is 4.72 Å². The molecule has 0 saturated heterocycles. The van der Waals surface area contributed by atoms with E-state index in [2.05, 4.69) is 9.71 Å². The zero-order valence-corrected chi connectivity index (χ0v) is 14.5. The Morgan fingerprint density at radius 3 is 2.35 bits per heavy atom. The van der Waals surface area contributed by atoms with Crippen molar-refractivity contribution in [1.82, 2.24) is 4.98 Å². The summed E-state index contributed by atoms with van der Waals surface area (Å²) in [6, 6.07) is 13.9. The Morgan fingerprint density at radius 2 is 1.70 bits per heavy atom. The van der Waals surface area contributed by atoms with Crippen LogP contribution in [-0.4, -0.2) is 13.4 Å². The normalized spacial score (nSPS) is 11.4. The fourth-order valence-corrected chi connectivity index (χ4v) is 4.06. The van der Waals surface area contributed by atoms with E-state index in [-0.39, 0.29) is 4.90 Å². The van der Waals surface area contributed by atoms with Crippen molar-refractivity contribution in [2.45, 2.75) is 11.8 Å². The molecule has 0 unspecified atom stereocenters. The van der Waals surface area contributed by atoms with Gasteiger partial charge in [-0.15, -0.1) is 11.3 Å². The Labute approximate surface area is 143 Å². The Bertz CT molecular complexity index is 917. The number of hydrogen-bond donors (Lipinski definition) is 1. The molecular weight excluding hydrogens is 352 g/mol. The number of aromatic nitrogens is 1. The van der Waals surface area contributed by atoms with Gasteiger partial charge in [0.2, 0.25) is 0 Å². The van der Waals surface area contributed by atoms with Gasteiger partial charge in [0.15, 0.2) is 5.13 Å². The average Bonchev–Trinajstić information content (AvgIpc) is 2.96. The minimum absolute atomic E-state index is 0.147. The SMILES string of the molecule is Cc1ccc(-c2csc(NS(=O)(=O)c3ccc(Cl)cc3)n2)cc1. The summed E-state index contributed by atoms with van der Waals surface area (Å²) in [7, 11) is -3.67. The van der Waals surface area contributed by atoms with Gasteiger partial charge >= 0.3 is 0 Å². The van der Waals surface area contributed by atoms with E-state index in [4.69, 9.17) is 11.6 Å². The molecule has 7 heteroatoms. The maximum absolute atomic E-state index is 12.3. The molecule has 0 bridgehead atoms. The molecule has 0 aliphatic rings. The number of nitrogens with one attached hydrogen (secondary N) is 1. The summed E-state index contributed by atoms with van der Waals surface area (Å²) in [4.78, 5) is 4.49. The van der Waals surface area contributed by atoms with Crippen LogP contribution in [0.4, 0.5) is 5.13 Å². The second-order valence-corrected chi connectivity index (χ2v) is 7.94. The Morgan fingerprint density at radius 1 is 1.04 bits per heavy atom. The Kier molecular flexibility index (Phi) is 4.39. The third kappa shape index (κ3) is 3.72. The highest BCUT2D eigenvalue weighted by Gasteiger charge is 2.16. The molecule has 3 aromatic rings. The highest BCUT2D eigenvalue weighted by atomic mass is 35.5. The molecule has 0 atom stereocenters. The van der Waals surface area contributed by atoms with Crippen LogP contribution in [-0.2, 0) is 10.0 Å². The van der Waals surface area contributed by atoms with Crippen molar-refractivity contribution in [3.8, 4) is 11.3 Å². The first-order valence-corrected chi connectivity index (χ1v) is 9.49. The highest BCUT2D eigenvalue weighted by Crippen LogP contribution is 2.27. The van der Waals surface area contributed by atoms with Gasteiger partial charge in [-0.05, 0) is 31.2 Å². The maximum Gasteiger partial charge on any atom is 0.263 e. The highest BCUT2D eigenvalue weighted by molar-refractivity contribution is 7.93. The van der Waals surface area contributed by atoms with Crippen LogP contribution < -0.4 is 4.72 Å². The molecule has 1 heterocycles. The molecule has 0 amide bonds. The smallest absolute Gasteiger partial charge is 0.255 e. The van der Waals surface area contributed by atoms with Crippen molar-refractivity contribution < 1.29 is 8.42 Å². The van der Waals surface area contributed by atoms with Crippen LogP contribution in [0.3, 0.4) is 0 Å². The molecule has 0 radical (unpaired) electrons. The molecule has 1 N–H and O–H groups in total. The van der Waals surface area contributed by atoms with E-state index in [0.29, 0.717) is 10.2 Å². The molecule has 2 aromatic carbocycles. The summed E-state index contributed by atoms with van der Waals surface area (Å²) in [5, 5.41) is 2.64. The Balaban J connectivity index is 1.83. The summed E-state index contributed by atoms with van der Waals surface area (Å²) in [6.45, 7) is 2.01. The van der Waals surface area contributed by atoms with E-state index in [9.17, 15) is 8.42 Å². The first-order chi connectivity index (χ1) is 10.9. The fraction of sp³-hybridized carbons (Fsp3) is 0.0625. The molecule has 3 rings (SSSR count). The molecule has 0 fully saturated rings. The van der Waals surface area contributed by atoms with Crippen LogP contribution in [0, 0.1) is 6.92 Å². The van der Waals surface area contributed by atoms with Gasteiger partial charge in [-0.2, -0.15) is 0 Å². The second-order valence-electron chi connectivity index (χ2n) is 4.96. The zero-order valence-electron chi connectivity index (χ0n) is 12.2. The maximum atomic E-state index is 12.3. The van der Waals surface area contributed by atoms with Crippen molar-refractivity contribution in [3.05, 3.63) is 64.5 Å². The fourth-order valence-electron chi connectivity index (χ4n) is 1.97. The number of benzene rings is 2. The van der Waals surface area contributed by atoms with Crippen LogP contribution in [0.5, 0.6) is 0 Å². The van der Waals surface area contributed by atoms with E-state index < -0.39 is 10.0 Å². The van der Waals surface area contributed by atoms with Crippen molar-refractivity contribution >= 4 is 38.1 Å². The number of halogens is 1. The number of nitrogens with zero attached hydrogens (tertiary/aromatic N) is 1. The quantitative estimate of drug-likeness (QED) is 0.737. The molecule has 0 aliphatic carbocycles. The van der Waals surface area contributed by atoms with E-state index in [0.717, 1.165) is 16.8 Å². The third-order valence-corrected chi connectivity index (χ3v) is 5.69. The standard InChI is InChI=1S/C16H13ClN2O2S2/c1-11-2-4-12(5-3-11)15-10-22-16(18-15)19-23(20,21)14-8-6-13(17)7-9-14/h2-10H,1H3,(H,18,19).